The van der Waals surface area contributed by atoms with Gasteiger partial charge in [-0.05, 0) is 44.0 Å². The maximum absolute atomic E-state index is 12.3. The third kappa shape index (κ3) is 7.02. The second kappa shape index (κ2) is 10.1. The van der Waals surface area contributed by atoms with Gasteiger partial charge >= 0.3 is 6.03 Å². The largest absolute Gasteiger partial charge is 0.335 e. The number of halogens is 1. The van der Waals surface area contributed by atoms with Crippen LogP contribution in [-0.4, -0.2) is 29.7 Å². The quantitative estimate of drug-likeness (QED) is 0.646. The average molecular weight is 394 g/mol. The van der Waals surface area contributed by atoms with Gasteiger partial charge in [0.2, 0.25) is 11.8 Å². The Bertz CT molecular complexity index is 699. The normalized spacial score (nSPS) is 15.5. The number of amides is 4. The summed E-state index contributed by atoms with van der Waals surface area (Å²) >= 11 is 5.79. The van der Waals surface area contributed by atoms with Crippen LogP contribution in [0.4, 0.5) is 10.5 Å². The number of rotatable bonds is 6. The summed E-state index contributed by atoms with van der Waals surface area (Å²) in [5.41, 5.74) is 0.464. The highest BCUT2D eigenvalue weighted by Gasteiger charge is 2.27. The summed E-state index contributed by atoms with van der Waals surface area (Å²) in [6.45, 7) is 1.24. The van der Waals surface area contributed by atoms with E-state index in [0.717, 1.165) is 32.1 Å². The van der Waals surface area contributed by atoms with E-state index in [-0.39, 0.29) is 6.04 Å². The van der Waals surface area contributed by atoms with Crippen LogP contribution in [0.25, 0.3) is 0 Å². The molecule has 1 fully saturated rings. The first-order chi connectivity index (χ1) is 12.8. The van der Waals surface area contributed by atoms with Crippen LogP contribution in [0.1, 0.15) is 45.4 Å². The zero-order chi connectivity index (χ0) is 19.8. The first-order valence-electron chi connectivity index (χ1n) is 9.02. The molecule has 0 aromatic heterocycles. The minimum Gasteiger partial charge on any atom is -0.335 e. The Morgan fingerprint density at radius 1 is 1.07 bits per heavy atom. The molecule has 27 heavy (non-hydrogen) atoms. The number of Topliss-reactive ketones (excluding diaryl/α,β-unsaturated/α-hetero) is 1. The minimum absolute atomic E-state index is 0.0587. The number of hydrogen-bond acceptors (Lipinski definition) is 4. The molecule has 2 rings (SSSR count). The van der Waals surface area contributed by atoms with E-state index in [1.54, 1.807) is 24.3 Å². The van der Waals surface area contributed by atoms with Gasteiger partial charge in [-0.15, -0.1) is 0 Å². The Balaban J connectivity index is 1.87. The average Bonchev–Trinajstić information content (AvgIpc) is 2.62. The van der Waals surface area contributed by atoms with E-state index in [4.69, 9.17) is 11.6 Å². The molecule has 1 aromatic carbocycles. The maximum Gasteiger partial charge on any atom is 0.321 e. The zero-order valence-corrected chi connectivity index (χ0v) is 16.0. The van der Waals surface area contributed by atoms with E-state index in [0.29, 0.717) is 10.7 Å². The number of carbonyl (C=O) groups excluding carboxylic acids is 4. The lowest BCUT2D eigenvalue weighted by molar-refractivity contribution is -0.134. The number of ketones is 1. The molecule has 1 aliphatic rings. The fourth-order valence-electron chi connectivity index (χ4n) is 3.02. The van der Waals surface area contributed by atoms with E-state index < -0.39 is 36.0 Å². The van der Waals surface area contributed by atoms with Gasteiger partial charge in [0.25, 0.3) is 0 Å². The predicted molar refractivity (Wildman–Crippen MR) is 102 cm³/mol. The second-order valence-electron chi connectivity index (χ2n) is 6.72. The Kier molecular flexibility index (Phi) is 7.79. The molecule has 0 aliphatic heterocycles. The van der Waals surface area contributed by atoms with Crippen LogP contribution in [0.15, 0.2) is 24.3 Å². The van der Waals surface area contributed by atoms with Crippen LogP contribution in [0.3, 0.4) is 0 Å². The summed E-state index contributed by atoms with van der Waals surface area (Å²) in [7, 11) is 0. The molecule has 4 amide bonds. The minimum atomic E-state index is -1.18. The highest BCUT2D eigenvalue weighted by Crippen LogP contribution is 2.17. The van der Waals surface area contributed by atoms with Gasteiger partial charge in [0, 0.05) is 23.2 Å². The summed E-state index contributed by atoms with van der Waals surface area (Å²) in [6.07, 6.45) is 4.64. The topological polar surface area (TPSA) is 104 Å². The van der Waals surface area contributed by atoms with Gasteiger partial charge in [0.15, 0.2) is 0 Å². The van der Waals surface area contributed by atoms with Crippen molar-refractivity contribution in [2.24, 2.45) is 5.92 Å². The fourth-order valence-corrected chi connectivity index (χ4v) is 3.14. The Hall–Kier alpha value is -2.41. The molecule has 0 heterocycles. The summed E-state index contributed by atoms with van der Waals surface area (Å²) in [6, 6.07) is 5.85. The van der Waals surface area contributed by atoms with Crippen LogP contribution in [0, 0.1) is 5.92 Å². The van der Waals surface area contributed by atoms with E-state index >= 15 is 0 Å². The van der Waals surface area contributed by atoms with Crippen molar-refractivity contribution in [3.8, 4) is 0 Å². The number of urea groups is 1. The lowest BCUT2D eigenvalue weighted by Crippen LogP contribution is -2.46. The first kappa shape index (κ1) is 20.9. The molecule has 146 valence electrons. The molecule has 1 unspecified atom stereocenters. The van der Waals surface area contributed by atoms with E-state index in [9.17, 15) is 19.2 Å². The number of benzene rings is 1. The molecule has 0 saturated heterocycles. The van der Waals surface area contributed by atoms with Crippen LogP contribution >= 0.6 is 11.6 Å². The van der Waals surface area contributed by atoms with Crippen LogP contribution < -0.4 is 16.0 Å². The molecule has 3 N–H and O–H groups in total. The summed E-state index contributed by atoms with van der Waals surface area (Å²) < 4.78 is 0. The second-order valence-corrected chi connectivity index (χ2v) is 7.16. The fraction of sp³-hybridized carbons (Fsp3) is 0.474. The molecule has 1 aliphatic carbocycles. The summed E-state index contributed by atoms with van der Waals surface area (Å²) in [5.74, 6) is -2.91. The van der Waals surface area contributed by atoms with Crippen LogP contribution in [0.5, 0.6) is 0 Å². The monoisotopic (exact) mass is 393 g/mol. The highest BCUT2D eigenvalue weighted by atomic mass is 35.5. The van der Waals surface area contributed by atoms with Gasteiger partial charge in [-0.25, -0.2) is 4.79 Å². The molecule has 1 atom stereocenters. The molecule has 7 nitrogen and oxygen atoms in total. The van der Waals surface area contributed by atoms with Crippen molar-refractivity contribution >= 4 is 40.9 Å². The van der Waals surface area contributed by atoms with Crippen LogP contribution in [0.2, 0.25) is 5.02 Å². The maximum atomic E-state index is 12.3. The molecule has 0 spiro atoms. The lowest BCUT2D eigenvalue weighted by atomic mass is 9.96. The van der Waals surface area contributed by atoms with Gasteiger partial charge in [-0.2, -0.15) is 0 Å². The van der Waals surface area contributed by atoms with Gasteiger partial charge < -0.3 is 10.6 Å². The van der Waals surface area contributed by atoms with Crippen molar-refractivity contribution in [2.45, 2.75) is 51.5 Å². The molecule has 0 bridgehead atoms. The molecule has 1 saturated carbocycles. The van der Waals surface area contributed by atoms with E-state index in [1.807, 2.05) is 0 Å². The highest BCUT2D eigenvalue weighted by molar-refractivity contribution is 6.30. The molecule has 8 heteroatoms. The van der Waals surface area contributed by atoms with Crippen molar-refractivity contribution in [3.63, 3.8) is 0 Å². The van der Waals surface area contributed by atoms with E-state index in [2.05, 4.69) is 16.0 Å². The zero-order valence-electron chi connectivity index (χ0n) is 15.2. The SMILES string of the molecule is CC(=O)C(CC(=O)NC(=O)NC1CCCCC1)C(=O)Nc1ccc(Cl)cc1. The summed E-state index contributed by atoms with van der Waals surface area (Å²) in [5, 5.41) is 8.05. The molecule has 0 radical (unpaired) electrons. The van der Waals surface area contributed by atoms with Crippen molar-refractivity contribution < 1.29 is 19.2 Å². The number of carbonyl (C=O) groups is 4. The number of anilines is 1. The number of hydrogen-bond donors (Lipinski definition) is 3. The van der Waals surface area contributed by atoms with Crippen molar-refractivity contribution in [1.82, 2.24) is 10.6 Å². The Morgan fingerprint density at radius 2 is 1.70 bits per heavy atom. The Morgan fingerprint density at radius 3 is 2.30 bits per heavy atom. The lowest BCUT2D eigenvalue weighted by Gasteiger charge is -2.22. The predicted octanol–water partition coefficient (Wildman–Crippen LogP) is 3.03. The molecular formula is C19H24ClN3O4. The van der Waals surface area contributed by atoms with E-state index in [1.165, 1.54) is 6.92 Å². The first-order valence-corrected chi connectivity index (χ1v) is 9.40. The Labute approximate surface area is 163 Å². The van der Waals surface area contributed by atoms with Crippen LogP contribution in [-0.2, 0) is 14.4 Å². The van der Waals surface area contributed by atoms with Crippen molar-refractivity contribution in [2.75, 3.05) is 5.32 Å². The van der Waals surface area contributed by atoms with Gasteiger partial charge in [0.1, 0.15) is 11.7 Å². The molecule has 1 aromatic rings. The third-order valence-corrected chi connectivity index (χ3v) is 4.75. The number of nitrogens with one attached hydrogen (secondary N) is 3. The summed E-state index contributed by atoms with van der Waals surface area (Å²) in [4.78, 5) is 48.2. The van der Waals surface area contributed by atoms with Crippen molar-refractivity contribution in [3.05, 3.63) is 29.3 Å². The van der Waals surface area contributed by atoms with Gasteiger partial charge in [0.05, 0.1) is 0 Å². The standard InChI is InChI=1S/C19H24ClN3O4/c1-12(24)16(18(26)21-15-9-7-13(20)8-10-15)11-17(25)23-19(27)22-14-5-3-2-4-6-14/h7-10,14,16H,2-6,11H2,1H3,(H,21,26)(H2,22,23,25,27). The number of imide groups is 1. The molecular weight excluding hydrogens is 370 g/mol. The smallest absolute Gasteiger partial charge is 0.321 e. The van der Waals surface area contributed by atoms with Crippen molar-refractivity contribution in [1.29, 1.82) is 0 Å². The third-order valence-electron chi connectivity index (χ3n) is 4.50. The van der Waals surface area contributed by atoms with Gasteiger partial charge in [-0.3, -0.25) is 19.7 Å². The van der Waals surface area contributed by atoms with Gasteiger partial charge in [-0.1, -0.05) is 30.9 Å².